The van der Waals surface area contributed by atoms with E-state index in [2.05, 4.69) is 43.0 Å². The molecule has 2 heteroatoms. The highest BCUT2D eigenvalue weighted by molar-refractivity contribution is 4.97. The largest absolute Gasteiger partial charge is 0.356 e. The quantitative estimate of drug-likeness (QED) is 0.0617. The molecule has 0 radical (unpaired) electrons. The average Bonchev–Trinajstić information content (AvgIpc) is 3.45. The third kappa shape index (κ3) is 27.3. The van der Waals surface area contributed by atoms with Crippen LogP contribution in [0.25, 0.3) is 0 Å². The average molecular weight is 645 g/mol. The Balaban J connectivity index is 2.21. The minimum absolute atomic E-state index is 0.638. The van der Waals surface area contributed by atoms with Gasteiger partial charge in [-0.15, -0.1) is 0 Å². The fraction of sp³-hybridized carbons (Fsp3) is 0.955. The molecule has 1 aliphatic heterocycles. The summed E-state index contributed by atoms with van der Waals surface area (Å²) in [5.74, 6) is 0. The molecule has 0 aromatic rings. The highest BCUT2D eigenvalue weighted by Crippen LogP contribution is 2.24. The first-order valence-electron chi connectivity index (χ1n) is 22.0. The monoisotopic (exact) mass is 645 g/mol. The predicted molar refractivity (Wildman–Crippen MR) is 210 cm³/mol. The van der Waals surface area contributed by atoms with Crippen LogP contribution in [-0.2, 0) is 0 Å². The van der Waals surface area contributed by atoms with Crippen molar-refractivity contribution in [2.75, 3.05) is 13.1 Å². The van der Waals surface area contributed by atoms with Gasteiger partial charge in [0.15, 0.2) is 0 Å². The van der Waals surface area contributed by atoms with E-state index in [9.17, 15) is 0 Å². The maximum Gasteiger partial charge on any atom is 0.101 e. The van der Waals surface area contributed by atoms with Crippen LogP contribution in [0.5, 0.6) is 0 Å². The van der Waals surface area contributed by atoms with Crippen molar-refractivity contribution in [1.29, 1.82) is 0 Å². The number of hydrogen-bond donors (Lipinski definition) is 0. The summed E-state index contributed by atoms with van der Waals surface area (Å²) in [4.78, 5) is 5.46. The fourth-order valence-corrected chi connectivity index (χ4v) is 7.60. The van der Waals surface area contributed by atoms with E-state index in [0.717, 1.165) is 0 Å². The lowest BCUT2D eigenvalue weighted by Crippen LogP contribution is -2.39. The molecular formula is C44H88N2. The van der Waals surface area contributed by atoms with E-state index in [1.807, 2.05) is 0 Å². The zero-order chi connectivity index (χ0) is 33.0. The highest BCUT2D eigenvalue weighted by atomic mass is 15.4. The maximum atomic E-state index is 2.73. The van der Waals surface area contributed by atoms with Crippen molar-refractivity contribution in [1.82, 2.24) is 9.80 Å². The van der Waals surface area contributed by atoms with E-state index in [4.69, 9.17) is 0 Å². The van der Waals surface area contributed by atoms with Gasteiger partial charge >= 0.3 is 0 Å². The van der Waals surface area contributed by atoms with Gasteiger partial charge in [0, 0.05) is 25.5 Å². The standard InChI is InChI=1S/C44H88N2/c1-4-7-10-13-16-19-21-23-25-27-30-33-36-39-44-45(40-37-34-31-28-18-15-12-9-6-3)42-43-46(44)41-38-35-32-29-26-24-22-20-17-14-11-8-5-2/h42-44H,4-41H2,1-3H3. The van der Waals surface area contributed by atoms with Crippen molar-refractivity contribution in [2.24, 2.45) is 0 Å². The Morgan fingerprint density at radius 1 is 0.283 bits per heavy atom. The van der Waals surface area contributed by atoms with E-state index < -0.39 is 0 Å². The smallest absolute Gasteiger partial charge is 0.101 e. The molecule has 0 aliphatic carbocycles. The summed E-state index contributed by atoms with van der Waals surface area (Å²) < 4.78 is 0. The highest BCUT2D eigenvalue weighted by Gasteiger charge is 2.24. The number of rotatable bonds is 38. The molecule has 0 bridgehead atoms. The minimum atomic E-state index is 0.638. The van der Waals surface area contributed by atoms with Gasteiger partial charge in [-0.05, 0) is 25.7 Å². The molecule has 46 heavy (non-hydrogen) atoms. The third-order valence-corrected chi connectivity index (χ3v) is 10.8. The van der Waals surface area contributed by atoms with Crippen LogP contribution in [0.15, 0.2) is 12.4 Å². The first-order valence-corrected chi connectivity index (χ1v) is 22.0. The van der Waals surface area contributed by atoms with Crippen LogP contribution in [0.2, 0.25) is 0 Å². The second kappa shape index (κ2) is 35.6. The summed E-state index contributed by atoms with van der Waals surface area (Å²) in [5, 5.41) is 0. The van der Waals surface area contributed by atoms with Crippen LogP contribution in [0.3, 0.4) is 0 Å². The van der Waals surface area contributed by atoms with E-state index in [-0.39, 0.29) is 0 Å². The lowest BCUT2D eigenvalue weighted by molar-refractivity contribution is 0.135. The summed E-state index contributed by atoms with van der Waals surface area (Å²) in [6, 6.07) is 0. The van der Waals surface area contributed by atoms with Crippen molar-refractivity contribution in [3.05, 3.63) is 12.4 Å². The lowest BCUT2D eigenvalue weighted by Gasteiger charge is -2.33. The molecule has 0 aromatic carbocycles. The Bertz CT molecular complexity index is 601. The van der Waals surface area contributed by atoms with E-state index in [0.29, 0.717) is 6.17 Å². The summed E-state index contributed by atoms with van der Waals surface area (Å²) in [5.41, 5.74) is 0. The zero-order valence-corrected chi connectivity index (χ0v) is 32.5. The van der Waals surface area contributed by atoms with Crippen molar-refractivity contribution in [3.8, 4) is 0 Å². The Hall–Kier alpha value is -0.660. The Morgan fingerprint density at radius 2 is 0.500 bits per heavy atom. The number of nitrogens with zero attached hydrogens (tertiary/aromatic N) is 2. The van der Waals surface area contributed by atoms with E-state index in [1.165, 1.54) is 244 Å². The van der Waals surface area contributed by atoms with E-state index in [1.54, 1.807) is 0 Å². The first-order chi connectivity index (χ1) is 22.8. The molecular weight excluding hydrogens is 556 g/mol. The topological polar surface area (TPSA) is 6.48 Å². The van der Waals surface area contributed by atoms with Crippen LogP contribution in [0.4, 0.5) is 0 Å². The zero-order valence-electron chi connectivity index (χ0n) is 32.5. The molecule has 0 fully saturated rings. The molecule has 0 saturated heterocycles. The Kier molecular flexibility index (Phi) is 33.6. The lowest BCUT2D eigenvalue weighted by atomic mass is 10.0. The molecule has 1 unspecified atom stereocenters. The fourth-order valence-electron chi connectivity index (χ4n) is 7.60. The van der Waals surface area contributed by atoms with Crippen LogP contribution >= 0.6 is 0 Å². The van der Waals surface area contributed by atoms with Gasteiger partial charge in [0.1, 0.15) is 6.17 Å². The second-order valence-electron chi connectivity index (χ2n) is 15.4. The maximum absolute atomic E-state index is 2.73. The molecule has 1 rings (SSSR count). The van der Waals surface area contributed by atoms with Crippen molar-refractivity contribution in [2.45, 2.75) is 258 Å². The van der Waals surface area contributed by atoms with Gasteiger partial charge in [0.25, 0.3) is 0 Å². The van der Waals surface area contributed by atoms with Crippen LogP contribution in [-0.4, -0.2) is 29.1 Å². The normalized spacial score (nSPS) is 14.7. The number of hydrogen-bond acceptors (Lipinski definition) is 2. The summed E-state index contributed by atoms with van der Waals surface area (Å²) >= 11 is 0. The first kappa shape index (κ1) is 43.4. The molecule has 0 amide bonds. The molecule has 0 N–H and O–H groups in total. The Labute approximate surface area is 292 Å². The van der Waals surface area contributed by atoms with Crippen molar-refractivity contribution < 1.29 is 0 Å². The third-order valence-electron chi connectivity index (χ3n) is 10.8. The molecule has 1 atom stereocenters. The van der Waals surface area contributed by atoms with Gasteiger partial charge in [0.05, 0.1) is 0 Å². The van der Waals surface area contributed by atoms with Gasteiger partial charge in [-0.25, -0.2) is 0 Å². The number of unbranched alkanes of at least 4 members (excludes halogenated alkanes) is 32. The molecule has 1 heterocycles. The van der Waals surface area contributed by atoms with Gasteiger partial charge in [-0.1, -0.05) is 226 Å². The second-order valence-corrected chi connectivity index (χ2v) is 15.4. The molecule has 1 aliphatic rings. The molecule has 0 saturated carbocycles. The molecule has 0 spiro atoms. The van der Waals surface area contributed by atoms with Crippen molar-refractivity contribution >= 4 is 0 Å². The summed E-state index contributed by atoms with van der Waals surface area (Å²) in [7, 11) is 0. The summed E-state index contributed by atoms with van der Waals surface area (Å²) in [6.07, 6.45) is 57.4. The van der Waals surface area contributed by atoms with E-state index >= 15 is 0 Å². The molecule has 2 nitrogen and oxygen atoms in total. The minimum Gasteiger partial charge on any atom is -0.356 e. The van der Waals surface area contributed by atoms with Crippen molar-refractivity contribution in [3.63, 3.8) is 0 Å². The predicted octanol–water partition coefficient (Wildman–Crippen LogP) is 15.5. The SMILES string of the molecule is CCCCCCCCCCCCCCCC1N(CCCCCCCCCCC)C=CN1CCCCCCCCCCCCCCC. The summed E-state index contributed by atoms with van der Waals surface area (Å²) in [6.45, 7) is 9.49. The van der Waals surface area contributed by atoms with Gasteiger partial charge in [0.2, 0.25) is 0 Å². The Morgan fingerprint density at radius 3 is 0.761 bits per heavy atom. The van der Waals surface area contributed by atoms with Gasteiger partial charge in [-0.2, -0.15) is 0 Å². The van der Waals surface area contributed by atoms with Crippen LogP contribution in [0, 0.1) is 0 Å². The van der Waals surface area contributed by atoms with Crippen LogP contribution < -0.4 is 0 Å². The molecule has 0 aromatic heterocycles. The molecule has 274 valence electrons. The van der Waals surface area contributed by atoms with Gasteiger partial charge < -0.3 is 9.80 Å². The van der Waals surface area contributed by atoms with Gasteiger partial charge in [-0.3, -0.25) is 0 Å². The van der Waals surface area contributed by atoms with Crippen LogP contribution in [0.1, 0.15) is 252 Å².